The van der Waals surface area contributed by atoms with Gasteiger partial charge in [0.1, 0.15) is 16.8 Å². The van der Waals surface area contributed by atoms with Crippen LogP contribution < -0.4 is 5.32 Å². The van der Waals surface area contributed by atoms with E-state index in [9.17, 15) is 5.11 Å². The van der Waals surface area contributed by atoms with Gasteiger partial charge in [-0.3, -0.25) is 0 Å². The van der Waals surface area contributed by atoms with Crippen molar-refractivity contribution in [2.45, 2.75) is 31.3 Å². The molecule has 0 bridgehead atoms. The number of hydrogen-bond donors (Lipinski definition) is 2. The first kappa shape index (κ1) is 13.5. The largest absolute Gasteiger partial charge is 0.391 e. The van der Waals surface area contributed by atoms with Gasteiger partial charge in [-0.25, -0.2) is 9.97 Å². The Morgan fingerprint density at radius 3 is 3.00 bits per heavy atom. The summed E-state index contributed by atoms with van der Waals surface area (Å²) in [5.41, 5.74) is 0. The van der Waals surface area contributed by atoms with E-state index in [1.807, 2.05) is 0 Å². The average molecular weight is 272 g/mol. The Morgan fingerprint density at radius 2 is 2.33 bits per heavy atom. The molecule has 1 saturated carbocycles. The Kier molecular flexibility index (Phi) is 4.74. The number of methoxy groups -OCH3 is 1. The number of aliphatic hydroxyl groups is 1. The van der Waals surface area contributed by atoms with E-state index in [2.05, 4.69) is 15.3 Å². The summed E-state index contributed by atoms with van der Waals surface area (Å²) in [4.78, 5) is 8.63. The first-order valence-corrected chi connectivity index (χ1v) is 6.52. The van der Waals surface area contributed by atoms with Crippen LogP contribution in [0.2, 0.25) is 5.15 Å². The van der Waals surface area contributed by atoms with E-state index < -0.39 is 6.10 Å². The highest BCUT2D eigenvalue weighted by Gasteiger charge is 2.27. The molecule has 1 aliphatic carbocycles. The molecule has 1 fully saturated rings. The molecule has 1 aliphatic rings. The number of aromatic nitrogens is 2. The summed E-state index contributed by atoms with van der Waals surface area (Å²) in [6.45, 7) is 0.974. The number of anilines is 1. The molecule has 0 aromatic carbocycles. The lowest BCUT2D eigenvalue weighted by Crippen LogP contribution is -2.18. The van der Waals surface area contributed by atoms with Crippen LogP contribution in [0.3, 0.4) is 0 Å². The number of hydrogen-bond acceptors (Lipinski definition) is 5. The fourth-order valence-corrected chi connectivity index (χ4v) is 1.88. The summed E-state index contributed by atoms with van der Waals surface area (Å²) in [5.74, 6) is 2.02. The summed E-state index contributed by atoms with van der Waals surface area (Å²) in [6, 6.07) is 1.70. The second-order valence-electron chi connectivity index (χ2n) is 4.53. The maximum Gasteiger partial charge on any atom is 0.135 e. The molecule has 0 radical (unpaired) electrons. The second-order valence-corrected chi connectivity index (χ2v) is 4.92. The van der Waals surface area contributed by atoms with E-state index in [0.717, 1.165) is 24.5 Å². The van der Waals surface area contributed by atoms with Crippen molar-refractivity contribution in [1.29, 1.82) is 0 Å². The van der Waals surface area contributed by atoms with Gasteiger partial charge in [0.15, 0.2) is 0 Å². The number of nitrogens with zero attached hydrogens (tertiary/aromatic N) is 2. The molecular weight excluding hydrogens is 254 g/mol. The van der Waals surface area contributed by atoms with Crippen LogP contribution in [0.25, 0.3) is 0 Å². The molecule has 1 atom stereocenters. The Labute approximate surface area is 112 Å². The van der Waals surface area contributed by atoms with Gasteiger partial charge in [0.2, 0.25) is 0 Å². The van der Waals surface area contributed by atoms with Crippen LogP contribution in [0, 0.1) is 0 Å². The molecule has 1 unspecified atom stereocenters. The summed E-state index contributed by atoms with van der Waals surface area (Å²) in [5, 5.41) is 13.1. The first-order chi connectivity index (χ1) is 8.69. The van der Waals surface area contributed by atoms with E-state index in [1.165, 1.54) is 0 Å². The standard InChI is InChI=1S/C12H18ClN3O2/c1-18-7-9(17)4-5-14-11-6-10(13)15-12(16-11)8-2-3-8/h6,8-9,17H,2-5,7H2,1H3,(H,14,15,16). The SMILES string of the molecule is COCC(O)CCNc1cc(Cl)nc(C2CC2)n1. The van der Waals surface area contributed by atoms with Crippen molar-refractivity contribution in [1.82, 2.24) is 9.97 Å². The summed E-state index contributed by atoms with van der Waals surface area (Å²) >= 11 is 5.95. The highest BCUT2D eigenvalue weighted by molar-refractivity contribution is 6.29. The van der Waals surface area contributed by atoms with E-state index in [1.54, 1.807) is 13.2 Å². The Morgan fingerprint density at radius 1 is 1.56 bits per heavy atom. The van der Waals surface area contributed by atoms with Gasteiger partial charge in [-0.2, -0.15) is 0 Å². The molecule has 1 aromatic rings. The maximum absolute atomic E-state index is 9.51. The van der Waals surface area contributed by atoms with Gasteiger partial charge in [0.25, 0.3) is 0 Å². The molecule has 1 heterocycles. The normalized spacial score (nSPS) is 16.6. The van der Waals surface area contributed by atoms with Crippen molar-refractivity contribution >= 4 is 17.4 Å². The van der Waals surface area contributed by atoms with Crippen molar-refractivity contribution in [3.8, 4) is 0 Å². The number of ether oxygens (including phenoxy) is 1. The van der Waals surface area contributed by atoms with E-state index in [4.69, 9.17) is 16.3 Å². The molecule has 0 aliphatic heterocycles. The van der Waals surface area contributed by atoms with Gasteiger partial charge in [0, 0.05) is 25.6 Å². The Balaban J connectivity index is 1.85. The van der Waals surface area contributed by atoms with Crippen LogP contribution in [0.15, 0.2) is 6.07 Å². The monoisotopic (exact) mass is 271 g/mol. The zero-order chi connectivity index (χ0) is 13.0. The van der Waals surface area contributed by atoms with E-state index in [0.29, 0.717) is 30.6 Å². The molecule has 100 valence electrons. The third-order valence-electron chi connectivity index (χ3n) is 2.80. The summed E-state index contributed by atoms with van der Waals surface area (Å²) in [7, 11) is 1.57. The van der Waals surface area contributed by atoms with Crippen molar-refractivity contribution < 1.29 is 9.84 Å². The molecule has 0 spiro atoms. The van der Waals surface area contributed by atoms with Gasteiger partial charge in [-0.15, -0.1) is 0 Å². The fraction of sp³-hybridized carbons (Fsp3) is 0.667. The van der Waals surface area contributed by atoms with Crippen molar-refractivity contribution in [3.05, 3.63) is 17.0 Å². The van der Waals surface area contributed by atoms with Gasteiger partial charge >= 0.3 is 0 Å². The third kappa shape index (κ3) is 4.08. The van der Waals surface area contributed by atoms with Crippen molar-refractivity contribution in [2.24, 2.45) is 0 Å². The number of nitrogens with one attached hydrogen (secondary N) is 1. The van der Waals surface area contributed by atoms with E-state index >= 15 is 0 Å². The number of halogens is 1. The van der Waals surface area contributed by atoms with Crippen molar-refractivity contribution in [3.63, 3.8) is 0 Å². The zero-order valence-electron chi connectivity index (χ0n) is 10.4. The zero-order valence-corrected chi connectivity index (χ0v) is 11.2. The molecule has 6 heteroatoms. The van der Waals surface area contributed by atoms with Crippen LogP contribution in [-0.2, 0) is 4.74 Å². The average Bonchev–Trinajstić information content (AvgIpc) is 3.12. The predicted octanol–water partition coefficient (Wildman–Crippen LogP) is 1.82. The number of aliphatic hydroxyl groups excluding tert-OH is 1. The number of rotatable bonds is 7. The first-order valence-electron chi connectivity index (χ1n) is 6.14. The van der Waals surface area contributed by atoms with Gasteiger partial charge in [-0.05, 0) is 19.3 Å². The fourth-order valence-electron chi connectivity index (χ4n) is 1.69. The van der Waals surface area contributed by atoms with Gasteiger partial charge in [-0.1, -0.05) is 11.6 Å². The molecule has 18 heavy (non-hydrogen) atoms. The predicted molar refractivity (Wildman–Crippen MR) is 70.0 cm³/mol. The summed E-state index contributed by atoms with van der Waals surface area (Å²) in [6.07, 6.45) is 2.44. The lowest BCUT2D eigenvalue weighted by Gasteiger charge is -2.11. The van der Waals surface area contributed by atoms with Crippen LogP contribution in [-0.4, -0.2) is 41.4 Å². The molecule has 2 rings (SSSR count). The minimum Gasteiger partial charge on any atom is -0.391 e. The van der Waals surface area contributed by atoms with Gasteiger partial charge < -0.3 is 15.2 Å². The molecule has 2 N–H and O–H groups in total. The molecular formula is C12H18ClN3O2. The van der Waals surface area contributed by atoms with Crippen LogP contribution >= 0.6 is 11.6 Å². The summed E-state index contributed by atoms with van der Waals surface area (Å²) < 4.78 is 4.86. The topological polar surface area (TPSA) is 67.3 Å². The van der Waals surface area contributed by atoms with E-state index in [-0.39, 0.29) is 0 Å². The third-order valence-corrected chi connectivity index (χ3v) is 2.99. The van der Waals surface area contributed by atoms with Crippen LogP contribution in [0.5, 0.6) is 0 Å². The molecule has 0 amide bonds. The quantitative estimate of drug-likeness (QED) is 0.741. The minimum atomic E-state index is -0.456. The van der Waals surface area contributed by atoms with Crippen LogP contribution in [0.1, 0.15) is 31.0 Å². The Hall–Kier alpha value is -0.910. The maximum atomic E-state index is 9.51. The highest BCUT2D eigenvalue weighted by Crippen LogP contribution is 2.38. The minimum absolute atomic E-state index is 0.347. The smallest absolute Gasteiger partial charge is 0.135 e. The van der Waals surface area contributed by atoms with Gasteiger partial charge in [0.05, 0.1) is 12.7 Å². The molecule has 0 saturated heterocycles. The van der Waals surface area contributed by atoms with Crippen molar-refractivity contribution in [2.75, 3.05) is 25.6 Å². The molecule has 1 aromatic heterocycles. The highest BCUT2D eigenvalue weighted by atomic mass is 35.5. The van der Waals surface area contributed by atoms with Crippen LogP contribution in [0.4, 0.5) is 5.82 Å². The lowest BCUT2D eigenvalue weighted by atomic mass is 10.2. The molecule has 5 nitrogen and oxygen atoms in total. The Bertz CT molecular complexity index is 399. The lowest BCUT2D eigenvalue weighted by molar-refractivity contribution is 0.0615. The second kappa shape index (κ2) is 6.31.